The molecule has 19 heavy (non-hydrogen) atoms. The molecule has 2 N–H and O–H groups in total. The van der Waals surface area contributed by atoms with Gasteiger partial charge >= 0.3 is 0 Å². The molecular weight excluding hydrogens is 238 g/mol. The Bertz CT molecular complexity index is 427. The molecule has 0 aliphatic heterocycles. The Hall–Kier alpha value is -1.06. The fourth-order valence-corrected chi connectivity index (χ4v) is 2.51. The maximum Gasteiger partial charge on any atom is 0.120 e. The number of rotatable bonds is 7. The van der Waals surface area contributed by atoms with E-state index in [1.807, 2.05) is 6.07 Å². The van der Waals surface area contributed by atoms with Gasteiger partial charge in [-0.05, 0) is 44.6 Å². The topological polar surface area (TPSA) is 41.5 Å². The lowest BCUT2D eigenvalue weighted by molar-refractivity contribution is 0.170. The van der Waals surface area contributed by atoms with Crippen LogP contribution in [0.3, 0.4) is 0 Å². The Labute approximate surface area is 116 Å². The summed E-state index contributed by atoms with van der Waals surface area (Å²) in [7, 11) is 1.76. The molecule has 0 aromatic heterocycles. The van der Waals surface area contributed by atoms with Crippen molar-refractivity contribution in [2.24, 2.45) is 5.41 Å². The van der Waals surface area contributed by atoms with Crippen LogP contribution in [0.1, 0.15) is 43.4 Å². The average Bonchev–Trinajstić information content (AvgIpc) is 3.17. The molecule has 1 unspecified atom stereocenters. The highest BCUT2D eigenvalue weighted by atomic mass is 16.5. The molecule has 0 bridgehead atoms. The van der Waals surface area contributed by atoms with Gasteiger partial charge in [0, 0.05) is 31.9 Å². The summed E-state index contributed by atoms with van der Waals surface area (Å²) in [6.45, 7) is 6.01. The molecule has 0 heterocycles. The van der Waals surface area contributed by atoms with Gasteiger partial charge in [0.05, 0.1) is 0 Å². The standard InChI is InChI=1S/C16H25NO2/c1-12-4-5-15(18)14(10-12)13(2)17-11-16(6-7-16)8-9-19-3/h4-5,10,13,17-18H,6-9,11H2,1-3H3. The Balaban J connectivity index is 1.90. The predicted molar refractivity (Wildman–Crippen MR) is 77.4 cm³/mol. The summed E-state index contributed by atoms with van der Waals surface area (Å²) < 4.78 is 5.18. The fraction of sp³-hybridized carbons (Fsp3) is 0.625. The molecule has 0 amide bonds. The first-order chi connectivity index (χ1) is 9.06. The van der Waals surface area contributed by atoms with E-state index >= 15 is 0 Å². The number of ether oxygens (including phenoxy) is 1. The summed E-state index contributed by atoms with van der Waals surface area (Å²) in [5, 5.41) is 13.5. The largest absolute Gasteiger partial charge is 0.508 e. The molecule has 1 saturated carbocycles. The zero-order valence-corrected chi connectivity index (χ0v) is 12.2. The Morgan fingerprint density at radius 3 is 2.79 bits per heavy atom. The first-order valence-corrected chi connectivity index (χ1v) is 7.08. The van der Waals surface area contributed by atoms with Crippen LogP contribution >= 0.6 is 0 Å². The predicted octanol–water partition coefficient (Wildman–Crippen LogP) is 3.17. The summed E-state index contributed by atoms with van der Waals surface area (Å²) in [4.78, 5) is 0. The summed E-state index contributed by atoms with van der Waals surface area (Å²) in [6, 6.07) is 5.95. The number of hydrogen-bond acceptors (Lipinski definition) is 3. The number of phenolic OH excluding ortho intramolecular Hbond substituents is 1. The third-order valence-electron chi connectivity index (χ3n) is 4.23. The van der Waals surface area contributed by atoms with E-state index in [9.17, 15) is 5.11 Å². The van der Waals surface area contributed by atoms with Gasteiger partial charge in [-0.3, -0.25) is 0 Å². The van der Waals surface area contributed by atoms with E-state index in [1.54, 1.807) is 13.2 Å². The molecule has 0 saturated heterocycles. The molecule has 1 aliphatic carbocycles. The normalized spacial score (nSPS) is 18.3. The lowest BCUT2D eigenvalue weighted by atomic mass is 10.0. The van der Waals surface area contributed by atoms with Crippen molar-refractivity contribution in [2.45, 2.75) is 39.2 Å². The zero-order valence-electron chi connectivity index (χ0n) is 12.2. The summed E-state index contributed by atoms with van der Waals surface area (Å²) in [6.07, 6.45) is 3.70. The first kappa shape index (κ1) is 14.4. The molecule has 3 nitrogen and oxygen atoms in total. The van der Waals surface area contributed by atoms with Crippen molar-refractivity contribution in [2.75, 3.05) is 20.3 Å². The maximum absolute atomic E-state index is 9.93. The molecule has 1 aliphatic rings. The van der Waals surface area contributed by atoms with Crippen molar-refractivity contribution in [3.8, 4) is 5.75 Å². The first-order valence-electron chi connectivity index (χ1n) is 7.08. The van der Waals surface area contributed by atoms with Crippen LogP contribution in [-0.4, -0.2) is 25.4 Å². The van der Waals surface area contributed by atoms with Gasteiger partial charge in [-0.25, -0.2) is 0 Å². The van der Waals surface area contributed by atoms with E-state index in [2.05, 4.69) is 25.2 Å². The number of phenols is 1. The lowest BCUT2D eigenvalue weighted by Crippen LogP contribution is -2.27. The van der Waals surface area contributed by atoms with Crippen LogP contribution in [0.5, 0.6) is 5.75 Å². The van der Waals surface area contributed by atoms with Crippen LogP contribution in [0.4, 0.5) is 0 Å². The van der Waals surface area contributed by atoms with Gasteiger partial charge in [0.25, 0.3) is 0 Å². The minimum Gasteiger partial charge on any atom is -0.508 e. The molecule has 106 valence electrons. The summed E-state index contributed by atoms with van der Waals surface area (Å²) in [5.74, 6) is 0.382. The number of nitrogens with one attached hydrogen (secondary N) is 1. The number of benzene rings is 1. The Kier molecular flexibility index (Phi) is 4.48. The van der Waals surface area contributed by atoms with Crippen LogP contribution in [0, 0.1) is 12.3 Å². The molecule has 1 aromatic rings. The monoisotopic (exact) mass is 263 g/mol. The van der Waals surface area contributed by atoms with E-state index < -0.39 is 0 Å². The van der Waals surface area contributed by atoms with Gasteiger partial charge in [-0.2, -0.15) is 0 Å². The molecule has 3 heteroatoms. The number of aryl methyl sites for hydroxylation is 1. The quantitative estimate of drug-likeness (QED) is 0.794. The smallest absolute Gasteiger partial charge is 0.120 e. The van der Waals surface area contributed by atoms with Crippen molar-refractivity contribution in [3.63, 3.8) is 0 Å². The van der Waals surface area contributed by atoms with Crippen molar-refractivity contribution < 1.29 is 9.84 Å². The molecule has 1 atom stereocenters. The van der Waals surface area contributed by atoms with Gasteiger partial charge in [0.15, 0.2) is 0 Å². The second-order valence-corrected chi connectivity index (χ2v) is 5.91. The summed E-state index contributed by atoms with van der Waals surface area (Å²) in [5.41, 5.74) is 2.61. The van der Waals surface area contributed by atoms with Gasteiger partial charge in [-0.1, -0.05) is 17.7 Å². The van der Waals surface area contributed by atoms with Crippen molar-refractivity contribution in [1.29, 1.82) is 0 Å². The molecule has 1 fully saturated rings. The van der Waals surface area contributed by atoms with Gasteiger partial charge in [0.2, 0.25) is 0 Å². The van der Waals surface area contributed by atoms with Crippen LogP contribution in [-0.2, 0) is 4.74 Å². The second kappa shape index (κ2) is 5.93. The molecule has 2 rings (SSSR count). The molecule has 0 spiro atoms. The molecular formula is C16H25NO2. The Morgan fingerprint density at radius 2 is 2.16 bits per heavy atom. The highest BCUT2D eigenvalue weighted by Gasteiger charge is 2.41. The maximum atomic E-state index is 9.93. The third kappa shape index (κ3) is 3.71. The van der Waals surface area contributed by atoms with Crippen molar-refractivity contribution in [1.82, 2.24) is 5.32 Å². The number of hydrogen-bond donors (Lipinski definition) is 2. The molecule has 0 radical (unpaired) electrons. The third-order valence-corrected chi connectivity index (χ3v) is 4.23. The van der Waals surface area contributed by atoms with Gasteiger partial charge < -0.3 is 15.2 Å². The summed E-state index contributed by atoms with van der Waals surface area (Å²) >= 11 is 0. The van der Waals surface area contributed by atoms with E-state index in [-0.39, 0.29) is 6.04 Å². The average molecular weight is 263 g/mol. The van der Waals surface area contributed by atoms with E-state index in [1.165, 1.54) is 18.4 Å². The lowest BCUT2D eigenvalue weighted by Gasteiger charge is -2.21. The van der Waals surface area contributed by atoms with Gasteiger partial charge in [0.1, 0.15) is 5.75 Å². The zero-order chi connectivity index (χ0) is 13.9. The Morgan fingerprint density at radius 1 is 1.42 bits per heavy atom. The number of aromatic hydroxyl groups is 1. The van der Waals surface area contributed by atoms with E-state index in [0.29, 0.717) is 11.2 Å². The van der Waals surface area contributed by atoms with E-state index in [0.717, 1.165) is 25.1 Å². The fourth-order valence-electron chi connectivity index (χ4n) is 2.51. The van der Waals surface area contributed by atoms with Crippen LogP contribution in [0.2, 0.25) is 0 Å². The SMILES string of the molecule is COCCC1(CNC(C)c2cc(C)ccc2O)CC1. The molecule has 1 aromatic carbocycles. The van der Waals surface area contributed by atoms with Gasteiger partial charge in [-0.15, -0.1) is 0 Å². The highest BCUT2D eigenvalue weighted by Crippen LogP contribution is 2.48. The van der Waals surface area contributed by atoms with Crippen LogP contribution in [0.15, 0.2) is 18.2 Å². The minimum absolute atomic E-state index is 0.180. The van der Waals surface area contributed by atoms with Crippen LogP contribution in [0.25, 0.3) is 0 Å². The highest BCUT2D eigenvalue weighted by molar-refractivity contribution is 5.37. The number of methoxy groups -OCH3 is 1. The van der Waals surface area contributed by atoms with Crippen molar-refractivity contribution >= 4 is 0 Å². The second-order valence-electron chi connectivity index (χ2n) is 5.91. The van der Waals surface area contributed by atoms with Crippen molar-refractivity contribution in [3.05, 3.63) is 29.3 Å². The minimum atomic E-state index is 0.180. The van der Waals surface area contributed by atoms with E-state index in [4.69, 9.17) is 4.74 Å². The van der Waals surface area contributed by atoms with Crippen LogP contribution < -0.4 is 5.32 Å².